The molecule has 2 atom stereocenters. The van der Waals surface area contributed by atoms with Gasteiger partial charge in [0.25, 0.3) is 0 Å². The van der Waals surface area contributed by atoms with Gasteiger partial charge in [0.2, 0.25) is 0 Å². The van der Waals surface area contributed by atoms with Gasteiger partial charge in [0, 0.05) is 6.54 Å². The number of urea groups is 1. The Hall–Kier alpha value is -2.37. The minimum absolute atomic E-state index is 0.0841. The van der Waals surface area contributed by atoms with Crippen LogP contribution in [0.5, 0.6) is 0 Å². The first-order valence-corrected chi connectivity index (χ1v) is 7.36. The average molecular weight is 303 g/mol. The van der Waals surface area contributed by atoms with Crippen molar-refractivity contribution in [1.29, 1.82) is 0 Å². The highest BCUT2D eigenvalue weighted by atomic mass is 19.1. The Balaban J connectivity index is 1.75. The van der Waals surface area contributed by atoms with Crippen LogP contribution >= 0.6 is 0 Å². The third-order valence-corrected chi connectivity index (χ3v) is 3.96. The Bertz CT molecular complexity index is 627. The topological polar surface area (TPSA) is 58.4 Å². The molecule has 0 aliphatic carbocycles. The molecule has 5 nitrogen and oxygen atoms in total. The number of hydrogen-bond acceptors (Lipinski definition) is 3. The number of pyridine rings is 1. The minimum Gasteiger partial charge on any atom is -0.467 e. The maximum atomic E-state index is 12.9. The molecule has 0 unspecified atom stereocenters. The van der Waals surface area contributed by atoms with Gasteiger partial charge in [-0.25, -0.2) is 14.2 Å². The zero-order valence-electron chi connectivity index (χ0n) is 12.3. The Morgan fingerprint density at radius 3 is 3.00 bits per heavy atom. The van der Waals surface area contributed by atoms with E-state index < -0.39 is 5.82 Å². The van der Waals surface area contributed by atoms with Gasteiger partial charge in [-0.1, -0.05) is 6.92 Å². The number of halogens is 1. The summed E-state index contributed by atoms with van der Waals surface area (Å²) in [6.45, 7) is 2.83. The summed E-state index contributed by atoms with van der Waals surface area (Å²) in [4.78, 5) is 18.1. The molecular weight excluding hydrogens is 285 g/mol. The molecule has 3 rings (SSSR count). The van der Waals surface area contributed by atoms with Crippen LogP contribution in [-0.4, -0.2) is 22.5 Å². The van der Waals surface area contributed by atoms with Crippen molar-refractivity contribution in [1.82, 2.24) is 9.88 Å². The first kappa shape index (κ1) is 14.6. The number of rotatable bonds is 2. The van der Waals surface area contributed by atoms with Crippen LogP contribution in [0.1, 0.15) is 31.6 Å². The predicted molar refractivity (Wildman–Crippen MR) is 79.8 cm³/mol. The van der Waals surface area contributed by atoms with Crippen molar-refractivity contribution in [3.63, 3.8) is 0 Å². The smallest absolute Gasteiger partial charge is 0.323 e. The molecule has 116 valence electrons. The lowest BCUT2D eigenvalue weighted by Gasteiger charge is -2.37. The maximum absolute atomic E-state index is 12.9. The van der Waals surface area contributed by atoms with Crippen molar-refractivity contribution in [3.05, 3.63) is 48.3 Å². The van der Waals surface area contributed by atoms with Gasteiger partial charge in [-0.15, -0.1) is 0 Å². The van der Waals surface area contributed by atoms with Crippen LogP contribution in [0.4, 0.5) is 15.0 Å². The van der Waals surface area contributed by atoms with Crippen LogP contribution in [0.3, 0.4) is 0 Å². The molecule has 1 N–H and O–H groups in total. The zero-order valence-corrected chi connectivity index (χ0v) is 12.3. The van der Waals surface area contributed by atoms with Crippen LogP contribution < -0.4 is 5.32 Å². The fraction of sp³-hybridized carbons (Fsp3) is 0.375. The summed E-state index contributed by atoms with van der Waals surface area (Å²) in [6.07, 6.45) is 4.50. The Morgan fingerprint density at radius 1 is 1.45 bits per heavy atom. The molecular formula is C16H18FN3O2. The van der Waals surface area contributed by atoms with Gasteiger partial charge in [0.05, 0.1) is 18.5 Å². The molecule has 1 aliphatic rings. The number of amides is 2. The second kappa shape index (κ2) is 6.17. The summed E-state index contributed by atoms with van der Waals surface area (Å²) in [5.41, 5.74) is 0. The largest absolute Gasteiger partial charge is 0.467 e. The van der Waals surface area contributed by atoms with Gasteiger partial charge in [-0.3, -0.25) is 5.32 Å². The molecule has 3 heterocycles. The minimum atomic E-state index is -0.432. The monoisotopic (exact) mass is 303 g/mol. The van der Waals surface area contributed by atoms with Crippen LogP contribution in [0, 0.1) is 11.7 Å². The van der Waals surface area contributed by atoms with E-state index in [4.69, 9.17) is 4.42 Å². The number of anilines is 1. The predicted octanol–water partition coefficient (Wildman–Crippen LogP) is 3.82. The molecule has 1 aliphatic heterocycles. The second-order valence-electron chi connectivity index (χ2n) is 5.65. The van der Waals surface area contributed by atoms with Crippen molar-refractivity contribution in [3.8, 4) is 0 Å². The molecule has 22 heavy (non-hydrogen) atoms. The van der Waals surface area contributed by atoms with Gasteiger partial charge in [-0.2, -0.15) is 0 Å². The molecule has 0 bridgehead atoms. The molecule has 0 saturated carbocycles. The van der Waals surface area contributed by atoms with Gasteiger partial charge in [0.1, 0.15) is 17.4 Å². The highest BCUT2D eigenvalue weighted by molar-refractivity contribution is 5.88. The average Bonchev–Trinajstić information content (AvgIpc) is 3.03. The first-order chi connectivity index (χ1) is 10.6. The van der Waals surface area contributed by atoms with E-state index in [0.717, 1.165) is 24.8 Å². The van der Waals surface area contributed by atoms with E-state index in [0.29, 0.717) is 18.3 Å². The molecule has 6 heteroatoms. The summed E-state index contributed by atoms with van der Waals surface area (Å²) in [6, 6.07) is 6.10. The fourth-order valence-electron chi connectivity index (χ4n) is 2.77. The summed E-state index contributed by atoms with van der Waals surface area (Å²) < 4.78 is 18.4. The quantitative estimate of drug-likeness (QED) is 0.917. The van der Waals surface area contributed by atoms with E-state index in [-0.39, 0.29) is 12.1 Å². The lowest BCUT2D eigenvalue weighted by Crippen LogP contribution is -2.43. The van der Waals surface area contributed by atoms with E-state index in [1.807, 2.05) is 12.1 Å². The SMILES string of the molecule is C[C@@H]1CCN(C(=O)Nc2ccc(F)cn2)[C@@H](c2ccco2)C1. The number of furan rings is 1. The van der Waals surface area contributed by atoms with E-state index in [2.05, 4.69) is 17.2 Å². The second-order valence-corrected chi connectivity index (χ2v) is 5.65. The summed E-state index contributed by atoms with van der Waals surface area (Å²) >= 11 is 0. The summed E-state index contributed by atoms with van der Waals surface area (Å²) in [5.74, 6) is 1.22. The molecule has 1 saturated heterocycles. The van der Waals surface area contributed by atoms with E-state index in [9.17, 15) is 9.18 Å². The molecule has 0 radical (unpaired) electrons. The molecule has 1 fully saturated rings. The normalized spacial score (nSPS) is 21.6. The molecule has 0 aromatic carbocycles. The standard InChI is InChI=1S/C16H18FN3O2/c1-11-6-7-20(13(9-11)14-3-2-8-22-14)16(21)19-15-5-4-12(17)10-18-15/h2-5,8,10-11,13H,6-7,9H2,1H3,(H,18,19,21)/t11-,13-/m1/s1. The van der Waals surface area contributed by atoms with E-state index in [1.165, 1.54) is 12.1 Å². The molecule has 2 aromatic heterocycles. The van der Waals surface area contributed by atoms with Crippen molar-refractivity contribution in [2.75, 3.05) is 11.9 Å². The van der Waals surface area contributed by atoms with Crippen molar-refractivity contribution >= 4 is 11.8 Å². The van der Waals surface area contributed by atoms with Gasteiger partial charge >= 0.3 is 6.03 Å². The van der Waals surface area contributed by atoms with Crippen molar-refractivity contribution in [2.45, 2.75) is 25.8 Å². The third-order valence-electron chi connectivity index (χ3n) is 3.96. The first-order valence-electron chi connectivity index (χ1n) is 7.36. The number of piperidine rings is 1. The van der Waals surface area contributed by atoms with Crippen LogP contribution in [-0.2, 0) is 0 Å². The van der Waals surface area contributed by atoms with Crippen LogP contribution in [0.15, 0.2) is 41.1 Å². The van der Waals surface area contributed by atoms with Crippen LogP contribution in [0.2, 0.25) is 0 Å². The Morgan fingerprint density at radius 2 is 2.32 bits per heavy atom. The summed E-state index contributed by atoms with van der Waals surface area (Å²) in [7, 11) is 0. The fourth-order valence-corrected chi connectivity index (χ4v) is 2.77. The number of nitrogens with one attached hydrogen (secondary N) is 1. The van der Waals surface area contributed by atoms with Gasteiger partial charge in [0.15, 0.2) is 0 Å². The Kier molecular flexibility index (Phi) is 4.09. The van der Waals surface area contributed by atoms with E-state index in [1.54, 1.807) is 11.2 Å². The molecule has 0 spiro atoms. The zero-order chi connectivity index (χ0) is 15.5. The third kappa shape index (κ3) is 3.10. The number of hydrogen-bond donors (Lipinski definition) is 1. The number of aromatic nitrogens is 1. The number of carbonyl (C=O) groups is 1. The lowest BCUT2D eigenvalue weighted by molar-refractivity contribution is 0.129. The molecule has 2 amide bonds. The van der Waals surface area contributed by atoms with Crippen LogP contribution in [0.25, 0.3) is 0 Å². The lowest BCUT2D eigenvalue weighted by atomic mass is 9.91. The summed E-state index contributed by atoms with van der Waals surface area (Å²) in [5, 5.41) is 2.71. The molecule has 2 aromatic rings. The highest BCUT2D eigenvalue weighted by Gasteiger charge is 2.32. The van der Waals surface area contributed by atoms with Gasteiger partial charge < -0.3 is 9.32 Å². The van der Waals surface area contributed by atoms with Gasteiger partial charge in [-0.05, 0) is 43.0 Å². The van der Waals surface area contributed by atoms with Crippen molar-refractivity contribution in [2.24, 2.45) is 5.92 Å². The number of carbonyl (C=O) groups excluding carboxylic acids is 1. The number of likely N-dealkylation sites (tertiary alicyclic amines) is 1. The van der Waals surface area contributed by atoms with E-state index >= 15 is 0 Å². The van der Waals surface area contributed by atoms with Crippen molar-refractivity contribution < 1.29 is 13.6 Å². The number of nitrogens with zero attached hydrogens (tertiary/aromatic N) is 2. The maximum Gasteiger partial charge on any atom is 0.323 e. The Labute approximate surface area is 128 Å². The highest BCUT2D eigenvalue weighted by Crippen LogP contribution is 2.34.